The van der Waals surface area contributed by atoms with Crippen molar-refractivity contribution in [1.29, 1.82) is 0 Å². The van der Waals surface area contributed by atoms with Crippen LogP contribution in [0.2, 0.25) is 0 Å². The van der Waals surface area contributed by atoms with E-state index in [1.54, 1.807) is 7.11 Å². The summed E-state index contributed by atoms with van der Waals surface area (Å²) in [5, 5.41) is 15.6. The van der Waals surface area contributed by atoms with Gasteiger partial charge in [-0.05, 0) is 55.4 Å². The molecule has 1 fully saturated rings. The molecule has 0 amide bonds. The molecule has 6 heterocycles. The van der Waals surface area contributed by atoms with Gasteiger partial charge in [-0.1, -0.05) is 62.8 Å². The third-order valence-electron chi connectivity index (χ3n) is 12.2. The van der Waals surface area contributed by atoms with Gasteiger partial charge in [-0.25, -0.2) is 5.01 Å². The van der Waals surface area contributed by atoms with Gasteiger partial charge in [0.15, 0.2) is 0 Å². The van der Waals surface area contributed by atoms with E-state index >= 15 is 0 Å². The number of terminal acetylenes is 1. The molecule has 0 aliphatic carbocycles. The minimum atomic E-state index is -0.918. The second-order valence-electron chi connectivity index (χ2n) is 15.3. The van der Waals surface area contributed by atoms with Gasteiger partial charge in [0, 0.05) is 91.4 Å². The first-order valence-electron chi connectivity index (χ1n) is 20.1. The number of carbonyl (C=O) groups excluding carboxylic acids is 3. The predicted molar refractivity (Wildman–Crippen MR) is 230 cm³/mol. The van der Waals surface area contributed by atoms with Gasteiger partial charge in [-0.15, -0.1) is 12.8 Å². The van der Waals surface area contributed by atoms with Crippen LogP contribution in [0.4, 0.5) is 5.69 Å². The maximum absolute atomic E-state index is 12.2. The standard InChI is InChI=1S/C39H49N5O4.C2H4O2.C2H6.C2H2.CH2O/c1-6-25-16-26-19-38(3,36-28(23-43(21-25)22-26)27-10-7-8-11-31(27)41-36)30-17-29-32(18-33(30)47-5)42(4)37-35(46)34(48-24(2)45)20-40-44-14-9-12-39(29,37)13-15-44;1-4-2-3;3*1-2/h7-12,16-18,26,34-35,37,40-41,46H,6,13-15,19-23H2,1-5H3;2H,1H3;1-2H3;1-2H;1H2/t26-,34+,35+,37-,38+,39?;;;;/m0..../s1. The molecule has 0 radical (unpaired) electrons. The number of hydrogen-bond donors (Lipinski definition) is 3. The molecule has 4 bridgehead atoms. The maximum Gasteiger partial charge on any atom is 0.303 e. The summed E-state index contributed by atoms with van der Waals surface area (Å²) in [5.41, 5.74) is 11.3. The zero-order valence-corrected chi connectivity index (χ0v) is 35.5. The summed E-state index contributed by atoms with van der Waals surface area (Å²) >= 11 is 0. The fraction of sp³-hybridized carbons (Fsp3) is 0.500. The van der Waals surface area contributed by atoms with E-state index in [2.05, 4.69) is 118 Å². The van der Waals surface area contributed by atoms with Crippen molar-refractivity contribution in [2.75, 3.05) is 58.9 Å². The lowest BCUT2D eigenvalue weighted by atomic mass is 9.66. The highest BCUT2D eigenvalue weighted by atomic mass is 16.6. The third kappa shape index (κ3) is 8.59. The average Bonchev–Trinajstić information content (AvgIpc) is 3.64. The summed E-state index contributed by atoms with van der Waals surface area (Å²) in [7, 11) is 5.16. The maximum atomic E-state index is 12.2. The monoisotopic (exact) mass is 797 g/mol. The fourth-order valence-corrected chi connectivity index (χ4v) is 9.92. The topological polar surface area (TPSA) is 137 Å². The van der Waals surface area contributed by atoms with Crippen LogP contribution in [-0.2, 0) is 41.2 Å². The number of hydrogen-bond acceptors (Lipinski definition) is 11. The lowest BCUT2D eigenvalue weighted by Crippen LogP contribution is -2.56. The summed E-state index contributed by atoms with van der Waals surface area (Å²) in [5.74, 6) is 0.869. The van der Waals surface area contributed by atoms with E-state index in [1.807, 2.05) is 20.6 Å². The Morgan fingerprint density at radius 1 is 1.12 bits per heavy atom. The number of aliphatic hydroxyl groups is 1. The van der Waals surface area contributed by atoms with Crippen LogP contribution >= 0.6 is 0 Å². The molecule has 3 N–H and O–H groups in total. The van der Waals surface area contributed by atoms with E-state index in [4.69, 9.17) is 19.1 Å². The van der Waals surface area contributed by atoms with Gasteiger partial charge in [0.25, 0.3) is 6.47 Å². The number of hydrazine groups is 1. The van der Waals surface area contributed by atoms with Crippen LogP contribution in [0.5, 0.6) is 5.75 Å². The molecule has 8 atom stereocenters. The van der Waals surface area contributed by atoms with E-state index < -0.39 is 17.6 Å². The van der Waals surface area contributed by atoms with Gasteiger partial charge in [0.1, 0.15) is 24.7 Å². The highest BCUT2D eigenvalue weighted by Crippen LogP contribution is 2.56. The Kier molecular flexibility index (Phi) is 15.9. The summed E-state index contributed by atoms with van der Waals surface area (Å²) in [6.45, 7) is 17.3. The van der Waals surface area contributed by atoms with Crippen molar-refractivity contribution in [1.82, 2.24) is 20.3 Å². The van der Waals surface area contributed by atoms with E-state index in [0.29, 0.717) is 18.9 Å². The number of nitrogens with one attached hydrogen (secondary N) is 2. The average molecular weight is 798 g/mol. The number of methoxy groups -OCH3 is 2. The summed E-state index contributed by atoms with van der Waals surface area (Å²) in [6.07, 6.45) is 16.3. The van der Waals surface area contributed by atoms with Gasteiger partial charge in [0.05, 0.1) is 26.8 Å². The molecular weight excluding hydrogens is 735 g/mol. The normalized spacial score (nSPS) is 28.7. The van der Waals surface area contributed by atoms with Crippen LogP contribution < -0.4 is 15.1 Å². The number of rotatable bonds is 5. The Bertz CT molecular complexity index is 1960. The molecule has 12 heteroatoms. The summed E-state index contributed by atoms with van der Waals surface area (Å²) in [4.78, 5) is 38.0. The van der Waals surface area contributed by atoms with E-state index in [9.17, 15) is 9.90 Å². The second-order valence-corrected chi connectivity index (χ2v) is 15.3. The minimum absolute atomic E-state index is 0.330. The number of para-hydroxylation sites is 1. The molecule has 1 spiro atoms. The third-order valence-corrected chi connectivity index (χ3v) is 12.2. The Labute approximate surface area is 344 Å². The van der Waals surface area contributed by atoms with Crippen LogP contribution in [0.15, 0.2) is 60.2 Å². The van der Waals surface area contributed by atoms with Crippen molar-refractivity contribution in [3.05, 3.63) is 82.6 Å². The zero-order chi connectivity index (χ0) is 42.8. The Hall–Kier alpha value is -4.93. The van der Waals surface area contributed by atoms with Crippen LogP contribution in [0, 0.1) is 18.8 Å². The number of esters is 1. The van der Waals surface area contributed by atoms with Gasteiger partial charge >= 0.3 is 5.97 Å². The van der Waals surface area contributed by atoms with Crippen LogP contribution in [0.1, 0.15) is 76.3 Å². The van der Waals surface area contributed by atoms with Crippen LogP contribution in [0.3, 0.4) is 0 Å². The number of aromatic nitrogens is 1. The lowest BCUT2D eigenvalue weighted by Gasteiger charge is -2.42. The quantitative estimate of drug-likeness (QED) is 0.128. The largest absolute Gasteiger partial charge is 0.496 e. The van der Waals surface area contributed by atoms with Gasteiger partial charge in [-0.3, -0.25) is 19.9 Å². The van der Waals surface area contributed by atoms with Crippen molar-refractivity contribution >= 4 is 35.8 Å². The van der Waals surface area contributed by atoms with Crippen molar-refractivity contribution in [3.63, 3.8) is 0 Å². The molecule has 3 aromatic rings. The molecule has 8 rings (SSSR count). The van der Waals surface area contributed by atoms with Crippen molar-refractivity contribution in [2.45, 2.75) is 89.5 Å². The molecule has 58 heavy (non-hydrogen) atoms. The Morgan fingerprint density at radius 2 is 1.83 bits per heavy atom. The highest BCUT2D eigenvalue weighted by Gasteiger charge is 2.55. The second kappa shape index (κ2) is 20.2. The molecular formula is C46H63N5O7. The number of nitrogens with zero attached hydrogens (tertiary/aromatic N) is 3. The molecule has 1 aromatic heterocycles. The number of likely N-dealkylation sites (N-methyl/N-ethyl adjacent to an activating group) is 1. The molecule has 5 aliphatic heterocycles. The smallest absolute Gasteiger partial charge is 0.303 e. The van der Waals surface area contributed by atoms with Gasteiger partial charge in [0.2, 0.25) is 0 Å². The Morgan fingerprint density at radius 3 is 2.48 bits per heavy atom. The fourth-order valence-electron chi connectivity index (χ4n) is 9.92. The minimum Gasteiger partial charge on any atom is -0.496 e. The molecule has 12 nitrogen and oxygen atoms in total. The molecule has 314 valence electrons. The molecule has 1 saturated heterocycles. The first-order valence-corrected chi connectivity index (χ1v) is 20.1. The van der Waals surface area contributed by atoms with Gasteiger partial charge in [-0.2, -0.15) is 0 Å². The van der Waals surface area contributed by atoms with E-state index in [-0.39, 0.29) is 17.4 Å². The number of aliphatic hydroxyl groups excluding tert-OH is 1. The lowest BCUT2D eigenvalue weighted by molar-refractivity contribution is -0.153. The van der Waals surface area contributed by atoms with Crippen molar-refractivity contribution < 1.29 is 33.7 Å². The van der Waals surface area contributed by atoms with E-state index in [1.165, 1.54) is 52.9 Å². The molecule has 5 aliphatic rings. The first-order chi connectivity index (χ1) is 28.1. The number of fused-ring (bicyclic) bond motifs is 8. The summed E-state index contributed by atoms with van der Waals surface area (Å²) in [6, 6.07) is 13.0. The molecule has 0 saturated carbocycles. The van der Waals surface area contributed by atoms with Crippen LogP contribution in [-0.4, -0.2) is 111 Å². The number of ether oxygens (including phenoxy) is 3. The molecule has 2 aromatic carbocycles. The zero-order valence-electron chi connectivity index (χ0n) is 35.5. The van der Waals surface area contributed by atoms with Crippen molar-refractivity contribution in [2.24, 2.45) is 5.92 Å². The van der Waals surface area contributed by atoms with E-state index in [0.717, 1.165) is 63.4 Å². The highest BCUT2D eigenvalue weighted by molar-refractivity contribution is 5.86. The number of aromatic amines is 1. The Balaban J connectivity index is 0.000000684. The number of carbonyl (C=O) groups is 3. The first kappa shape index (κ1) is 45.8. The SMILES string of the molecule is C#C.C=O.CC.CCC1=C[C@@H]2CN(C1)Cc1c([nH]c3ccccc13)[C@@](C)(c1cc3c(cc1OC)N(C)[C@H]1[C@H](O)[C@H](OC(C)=O)CNN4CC=CC31CC4)C2.COC=O. The molecule has 3 unspecified atom stereocenters. The number of anilines is 1. The summed E-state index contributed by atoms with van der Waals surface area (Å²) < 4.78 is 16.0. The number of H-pyrrole nitrogens is 1. The number of benzene rings is 2. The van der Waals surface area contributed by atoms with Gasteiger partial charge < -0.3 is 34.0 Å². The predicted octanol–water partition coefficient (Wildman–Crippen LogP) is 5.66. The van der Waals surface area contributed by atoms with Crippen molar-refractivity contribution in [3.8, 4) is 18.6 Å². The van der Waals surface area contributed by atoms with Crippen LogP contribution in [0.25, 0.3) is 10.9 Å².